The van der Waals surface area contributed by atoms with Gasteiger partial charge in [-0.15, -0.1) is 0 Å². The van der Waals surface area contributed by atoms with Crippen LogP contribution in [0.1, 0.15) is 10.4 Å². The van der Waals surface area contributed by atoms with Gasteiger partial charge < -0.3 is 19.5 Å². The summed E-state index contributed by atoms with van der Waals surface area (Å²) in [5.74, 6) is 0.611. The molecule has 122 valence electrons. The first-order valence-corrected chi connectivity index (χ1v) is 6.61. The lowest BCUT2D eigenvalue weighted by Crippen LogP contribution is -2.12. The van der Waals surface area contributed by atoms with Gasteiger partial charge >= 0.3 is 6.61 Å². The molecule has 0 aromatic heterocycles. The molecule has 23 heavy (non-hydrogen) atoms. The molecule has 0 bridgehead atoms. The second-order valence-electron chi connectivity index (χ2n) is 4.42. The van der Waals surface area contributed by atoms with E-state index in [-0.39, 0.29) is 5.75 Å². The van der Waals surface area contributed by atoms with Crippen LogP contribution in [0.2, 0.25) is 0 Å². The third kappa shape index (κ3) is 4.32. The van der Waals surface area contributed by atoms with Gasteiger partial charge in [0, 0.05) is 11.6 Å². The van der Waals surface area contributed by atoms with E-state index in [4.69, 9.17) is 9.47 Å². The van der Waals surface area contributed by atoms with Crippen molar-refractivity contribution in [1.29, 1.82) is 0 Å². The van der Waals surface area contributed by atoms with E-state index in [1.165, 1.54) is 38.5 Å². The van der Waals surface area contributed by atoms with Crippen molar-refractivity contribution in [1.82, 2.24) is 0 Å². The van der Waals surface area contributed by atoms with Crippen molar-refractivity contribution in [3.8, 4) is 17.2 Å². The van der Waals surface area contributed by atoms with Crippen molar-refractivity contribution in [3.05, 3.63) is 48.0 Å². The fraction of sp³-hybridized carbons (Fsp3) is 0.188. The molecule has 2 rings (SSSR count). The maximum Gasteiger partial charge on any atom is 0.387 e. The number of benzene rings is 2. The van der Waals surface area contributed by atoms with Crippen molar-refractivity contribution >= 4 is 11.6 Å². The maximum atomic E-state index is 12.2. The summed E-state index contributed by atoms with van der Waals surface area (Å²) in [6.07, 6.45) is 0. The Morgan fingerprint density at radius 2 is 1.65 bits per heavy atom. The summed E-state index contributed by atoms with van der Waals surface area (Å²) in [6, 6.07) is 10.3. The normalized spacial score (nSPS) is 10.3. The van der Waals surface area contributed by atoms with Gasteiger partial charge in [0.25, 0.3) is 5.91 Å². The minimum absolute atomic E-state index is 0.0152. The smallest absolute Gasteiger partial charge is 0.387 e. The van der Waals surface area contributed by atoms with Crippen LogP contribution in [0.5, 0.6) is 17.2 Å². The van der Waals surface area contributed by atoms with Crippen molar-refractivity contribution in [3.63, 3.8) is 0 Å². The number of methoxy groups -OCH3 is 2. The van der Waals surface area contributed by atoms with Crippen molar-refractivity contribution in [2.45, 2.75) is 6.61 Å². The molecule has 7 heteroatoms. The third-order valence-electron chi connectivity index (χ3n) is 3.00. The van der Waals surface area contributed by atoms with E-state index in [1.54, 1.807) is 18.2 Å². The molecule has 0 fully saturated rings. The highest BCUT2D eigenvalue weighted by atomic mass is 19.3. The van der Waals surface area contributed by atoms with Gasteiger partial charge in [-0.05, 0) is 36.4 Å². The lowest BCUT2D eigenvalue weighted by Gasteiger charge is -2.12. The number of rotatable bonds is 6. The van der Waals surface area contributed by atoms with Gasteiger partial charge in [0.2, 0.25) is 0 Å². The molecular weight excluding hydrogens is 308 g/mol. The third-order valence-corrected chi connectivity index (χ3v) is 3.00. The Labute approximate surface area is 131 Å². The number of carbonyl (C=O) groups is 1. The summed E-state index contributed by atoms with van der Waals surface area (Å²) in [6.45, 7) is -2.90. The molecular formula is C16H15F2NO4. The summed E-state index contributed by atoms with van der Waals surface area (Å²) in [5.41, 5.74) is 0.760. The van der Waals surface area contributed by atoms with Crippen LogP contribution in [0.25, 0.3) is 0 Å². The fourth-order valence-electron chi connectivity index (χ4n) is 1.88. The number of carbonyl (C=O) groups excluding carboxylic acids is 1. The predicted octanol–water partition coefficient (Wildman–Crippen LogP) is 3.56. The molecule has 0 heterocycles. The SMILES string of the molecule is COc1ccc(NC(=O)c2ccc(OC(F)F)cc2)c(OC)c1. The van der Waals surface area contributed by atoms with E-state index in [9.17, 15) is 13.6 Å². The lowest BCUT2D eigenvalue weighted by molar-refractivity contribution is -0.0498. The summed E-state index contributed by atoms with van der Waals surface area (Å²) < 4.78 is 38.7. The van der Waals surface area contributed by atoms with Crippen molar-refractivity contribution < 1.29 is 27.8 Å². The lowest BCUT2D eigenvalue weighted by atomic mass is 10.2. The standard InChI is InChI=1S/C16H15F2NO4/c1-21-12-7-8-13(14(9-12)22-2)19-15(20)10-3-5-11(6-4-10)23-16(17)18/h3-9,16H,1-2H3,(H,19,20). The second kappa shape index (κ2) is 7.44. The minimum Gasteiger partial charge on any atom is -0.497 e. The van der Waals surface area contributed by atoms with Crippen LogP contribution in [0, 0.1) is 0 Å². The van der Waals surface area contributed by atoms with Crippen molar-refractivity contribution in [2.75, 3.05) is 19.5 Å². The molecule has 2 aromatic rings. The predicted molar refractivity (Wildman–Crippen MR) is 80.6 cm³/mol. The zero-order valence-corrected chi connectivity index (χ0v) is 12.5. The van der Waals surface area contributed by atoms with Crippen LogP contribution < -0.4 is 19.5 Å². The van der Waals surface area contributed by atoms with Crippen molar-refractivity contribution in [2.24, 2.45) is 0 Å². The topological polar surface area (TPSA) is 56.8 Å². The van der Waals surface area contributed by atoms with Gasteiger partial charge in [0.05, 0.1) is 19.9 Å². The van der Waals surface area contributed by atoms with Crippen LogP contribution in [-0.4, -0.2) is 26.7 Å². The number of ether oxygens (including phenoxy) is 3. The molecule has 0 radical (unpaired) electrons. The Balaban J connectivity index is 2.12. The first-order valence-electron chi connectivity index (χ1n) is 6.61. The number of halogens is 2. The average Bonchev–Trinajstić information content (AvgIpc) is 2.55. The summed E-state index contributed by atoms with van der Waals surface area (Å²) in [7, 11) is 3.00. The van der Waals surface area contributed by atoms with Crippen LogP contribution >= 0.6 is 0 Å². The molecule has 0 saturated carbocycles. The molecule has 0 saturated heterocycles. The van der Waals surface area contributed by atoms with Gasteiger partial charge in [-0.3, -0.25) is 4.79 Å². The number of hydrogen-bond donors (Lipinski definition) is 1. The number of anilines is 1. The first-order chi connectivity index (χ1) is 11.0. The highest BCUT2D eigenvalue weighted by Crippen LogP contribution is 2.29. The van der Waals surface area contributed by atoms with E-state index >= 15 is 0 Å². The zero-order chi connectivity index (χ0) is 16.8. The molecule has 5 nitrogen and oxygen atoms in total. The Hall–Kier alpha value is -2.83. The summed E-state index contributed by atoms with van der Waals surface area (Å²) in [5, 5.41) is 2.68. The largest absolute Gasteiger partial charge is 0.497 e. The highest BCUT2D eigenvalue weighted by molar-refractivity contribution is 6.05. The van der Waals surface area contributed by atoms with Gasteiger partial charge in [0.1, 0.15) is 17.2 Å². The Bertz CT molecular complexity index is 674. The zero-order valence-electron chi connectivity index (χ0n) is 12.5. The molecule has 0 spiro atoms. The van der Waals surface area contributed by atoms with Crippen LogP contribution in [0.3, 0.4) is 0 Å². The maximum absolute atomic E-state index is 12.2. The van der Waals surface area contributed by atoms with Gasteiger partial charge in [-0.2, -0.15) is 8.78 Å². The Morgan fingerprint density at radius 1 is 1.00 bits per heavy atom. The number of nitrogens with one attached hydrogen (secondary N) is 1. The van der Waals surface area contributed by atoms with E-state index in [2.05, 4.69) is 10.1 Å². The molecule has 0 aliphatic carbocycles. The number of hydrogen-bond acceptors (Lipinski definition) is 4. The van der Waals surface area contributed by atoms with Crippen LogP contribution in [0.4, 0.5) is 14.5 Å². The minimum atomic E-state index is -2.90. The van der Waals surface area contributed by atoms with E-state index in [1.807, 2.05) is 0 Å². The molecule has 1 amide bonds. The first kappa shape index (κ1) is 16.5. The molecule has 1 N–H and O–H groups in total. The molecule has 0 atom stereocenters. The van der Waals surface area contributed by atoms with E-state index < -0.39 is 12.5 Å². The van der Waals surface area contributed by atoms with Gasteiger partial charge in [0.15, 0.2) is 0 Å². The monoisotopic (exact) mass is 323 g/mol. The molecule has 2 aromatic carbocycles. The summed E-state index contributed by atoms with van der Waals surface area (Å²) in [4.78, 5) is 12.2. The highest BCUT2D eigenvalue weighted by Gasteiger charge is 2.11. The second-order valence-corrected chi connectivity index (χ2v) is 4.42. The van der Waals surface area contributed by atoms with Crippen LogP contribution in [-0.2, 0) is 0 Å². The van der Waals surface area contributed by atoms with Gasteiger partial charge in [-0.1, -0.05) is 0 Å². The number of amides is 1. The van der Waals surface area contributed by atoms with E-state index in [0.717, 1.165) is 0 Å². The quantitative estimate of drug-likeness (QED) is 0.883. The van der Waals surface area contributed by atoms with Crippen LogP contribution in [0.15, 0.2) is 42.5 Å². The fourth-order valence-corrected chi connectivity index (χ4v) is 1.88. The molecule has 0 aliphatic rings. The molecule has 0 unspecified atom stereocenters. The molecule has 0 aliphatic heterocycles. The van der Waals surface area contributed by atoms with E-state index in [0.29, 0.717) is 22.7 Å². The van der Waals surface area contributed by atoms with Gasteiger partial charge in [-0.25, -0.2) is 0 Å². The summed E-state index contributed by atoms with van der Waals surface area (Å²) >= 11 is 0. The number of alkyl halides is 2. The Morgan fingerprint density at radius 3 is 2.22 bits per heavy atom. The average molecular weight is 323 g/mol. The Kier molecular flexibility index (Phi) is 5.35.